The summed E-state index contributed by atoms with van der Waals surface area (Å²) in [6.07, 6.45) is 0. The zero-order valence-electron chi connectivity index (χ0n) is 5.96. The standard InChI is InChI=1S/C8H11OP/c1-6-2-7(5-9)4-8(10)3-6/h2-4,9H,5,10H2,1H3. The monoisotopic (exact) mass is 154 g/mol. The van der Waals surface area contributed by atoms with Gasteiger partial charge in [0.15, 0.2) is 0 Å². The first kappa shape index (κ1) is 7.71. The third kappa shape index (κ3) is 1.80. The molecule has 0 fully saturated rings. The fourth-order valence-electron chi connectivity index (χ4n) is 0.986. The van der Waals surface area contributed by atoms with Crippen LogP contribution in [0.1, 0.15) is 11.1 Å². The summed E-state index contributed by atoms with van der Waals surface area (Å²) in [7, 11) is 2.62. The van der Waals surface area contributed by atoms with Crippen LogP contribution in [0.25, 0.3) is 0 Å². The second-order valence-corrected chi connectivity index (χ2v) is 3.08. The topological polar surface area (TPSA) is 20.2 Å². The lowest BCUT2D eigenvalue weighted by Gasteiger charge is -1.99. The second kappa shape index (κ2) is 3.14. The summed E-state index contributed by atoms with van der Waals surface area (Å²) in [5.74, 6) is 0. The van der Waals surface area contributed by atoms with Crippen LogP contribution in [-0.2, 0) is 6.61 Å². The molecule has 1 aromatic carbocycles. The Kier molecular flexibility index (Phi) is 2.42. The summed E-state index contributed by atoms with van der Waals surface area (Å²) in [5, 5.41) is 9.91. The third-order valence-electron chi connectivity index (χ3n) is 1.34. The SMILES string of the molecule is Cc1cc(P)cc(CO)c1. The molecule has 1 nitrogen and oxygen atoms in total. The van der Waals surface area contributed by atoms with Crippen molar-refractivity contribution in [3.05, 3.63) is 29.3 Å². The van der Waals surface area contributed by atoms with Crippen LogP contribution in [0.15, 0.2) is 18.2 Å². The van der Waals surface area contributed by atoms with Gasteiger partial charge in [0.25, 0.3) is 0 Å². The van der Waals surface area contributed by atoms with Crippen molar-refractivity contribution in [1.29, 1.82) is 0 Å². The minimum Gasteiger partial charge on any atom is -0.392 e. The first-order valence-electron chi connectivity index (χ1n) is 3.19. The Morgan fingerprint density at radius 1 is 1.40 bits per heavy atom. The predicted molar refractivity (Wildman–Crippen MR) is 46.4 cm³/mol. The smallest absolute Gasteiger partial charge is 0.0682 e. The first-order chi connectivity index (χ1) is 4.72. The van der Waals surface area contributed by atoms with E-state index in [0.717, 1.165) is 10.9 Å². The van der Waals surface area contributed by atoms with Gasteiger partial charge in [-0.05, 0) is 23.9 Å². The Balaban J connectivity index is 3.06. The van der Waals surface area contributed by atoms with Crippen LogP contribution >= 0.6 is 9.24 Å². The number of benzene rings is 1. The Bertz CT molecular complexity index is 212. The molecule has 54 valence electrons. The Hall–Kier alpha value is -0.390. The van der Waals surface area contributed by atoms with Gasteiger partial charge in [0.1, 0.15) is 0 Å². The van der Waals surface area contributed by atoms with Crippen LogP contribution in [-0.4, -0.2) is 5.11 Å². The molecule has 0 saturated heterocycles. The van der Waals surface area contributed by atoms with E-state index in [1.807, 2.05) is 19.1 Å². The molecule has 2 heteroatoms. The van der Waals surface area contributed by atoms with Gasteiger partial charge in [-0.15, -0.1) is 9.24 Å². The van der Waals surface area contributed by atoms with E-state index in [1.165, 1.54) is 5.56 Å². The quantitative estimate of drug-likeness (QED) is 0.598. The van der Waals surface area contributed by atoms with E-state index in [2.05, 4.69) is 15.3 Å². The molecule has 0 heterocycles. The van der Waals surface area contributed by atoms with Crippen LogP contribution in [0.4, 0.5) is 0 Å². The highest BCUT2D eigenvalue weighted by Crippen LogP contribution is 2.03. The molecule has 1 unspecified atom stereocenters. The van der Waals surface area contributed by atoms with E-state index >= 15 is 0 Å². The Morgan fingerprint density at radius 3 is 2.60 bits per heavy atom. The maximum atomic E-state index is 8.78. The van der Waals surface area contributed by atoms with Crippen molar-refractivity contribution >= 4 is 14.5 Å². The Labute approximate surface area is 63.3 Å². The fraction of sp³-hybridized carbons (Fsp3) is 0.250. The zero-order valence-corrected chi connectivity index (χ0v) is 7.12. The van der Waals surface area contributed by atoms with Gasteiger partial charge >= 0.3 is 0 Å². The van der Waals surface area contributed by atoms with Gasteiger partial charge in [0, 0.05) is 0 Å². The molecule has 0 saturated carbocycles. The molecule has 1 aromatic rings. The van der Waals surface area contributed by atoms with Crippen LogP contribution in [0, 0.1) is 6.92 Å². The van der Waals surface area contributed by atoms with Gasteiger partial charge in [-0.1, -0.05) is 17.7 Å². The molecule has 1 atom stereocenters. The number of rotatable bonds is 1. The molecule has 1 N–H and O–H groups in total. The van der Waals surface area contributed by atoms with E-state index in [9.17, 15) is 0 Å². The molecule has 0 radical (unpaired) electrons. The fourth-order valence-corrected chi connectivity index (χ4v) is 1.46. The lowest BCUT2D eigenvalue weighted by atomic mass is 10.1. The van der Waals surface area contributed by atoms with Crippen LogP contribution in [0.5, 0.6) is 0 Å². The van der Waals surface area contributed by atoms with Crippen LogP contribution in [0.3, 0.4) is 0 Å². The lowest BCUT2D eigenvalue weighted by Crippen LogP contribution is -1.95. The van der Waals surface area contributed by atoms with Gasteiger partial charge < -0.3 is 5.11 Å². The largest absolute Gasteiger partial charge is 0.392 e. The normalized spacial score (nSPS) is 9.90. The Morgan fingerprint density at radius 2 is 2.10 bits per heavy atom. The average Bonchev–Trinajstić information content (AvgIpc) is 1.85. The van der Waals surface area contributed by atoms with Gasteiger partial charge in [-0.25, -0.2) is 0 Å². The van der Waals surface area contributed by atoms with E-state index in [-0.39, 0.29) is 6.61 Å². The molecule has 0 spiro atoms. The molecule has 0 aliphatic heterocycles. The minimum atomic E-state index is 0.128. The maximum Gasteiger partial charge on any atom is 0.0682 e. The molecule has 1 rings (SSSR count). The second-order valence-electron chi connectivity index (χ2n) is 2.41. The highest BCUT2D eigenvalue weighted by molar-refractivity contribution is 7.27. The zero-order chi connectivity index (χ0) is 7.56. The highest BCUT2D eigenvalue weighted by atomic mass is 31.0. The van der Waals surface area contributed by atoms with Crippen molar-refractivity contribution in [2.75, 3.05) is 0 Å². The number of aliphatic hydroxyl groups excluding tert-OH is 1. The number of hydrogen-bond acceptors (Lipinski definition) is 1. The third-order valence-corrected chi connectivity index (χ3v) is 1.68. The lowest BCUT2D eigenvalue weighted by molar-refractivity contribution is 0.282. The van der Waals surface area contributed by atoms with Gasteiger partial charge in [-0.2, -0.15) is 0 Å². The van der Waals surface area contributed by atoms with Crippen molar-refractivity contribution in [3.63, 3.8) is 0 Å². The van der Waals surface area contributed by atoms with Crippen molar-refractivity contribution < 1.29 is 5.11 Å². The average molecular weight is 154 g/mol. The number of aliphatic hydroxyl groups is 1. The molecular weight excluding hydrogens is 143 g/mol. The maximum absolute atomic E-state index is 8.78. The van der Waals surface area contributed by atoms with Gasteiger partial charge in [-0.3, -0.25) is 0 Å². The first-order valence-corrected chi connectivity index (χ1v) is 3.77. The molecule has 0 aromatic heterocycles. The van der Waals surface area contributed by atoms with Crippen molar-refractivity contribution in [3.8, 4) is 0 Å². The summed E-state index contributed by atoms with van der Waals surface area (Å²) in [6, 6.07) is 6.00. The molecule has 10 heavy (non-hydrogen) atoms. The molecule has 0 amide bonds. The van der Waals surface area contributed by atoms with E-state index < -0.39 is 0 Å². The summed E-state index contributed by atoms with van der Waals surface area (Å²) in [6.45, 7) is 2.15. The van der Waals surface area contributed by atoms with Crippen molar-refractivity contribution in [1.82, 2.24) is 0 Å². The van der Waals surface area contributed by atoms with Crippen molar-refractivity contribution in [2.24, 2.45) is 0 Å². The summed E-state index contributed by atoms with van der Waals surface area (Å²) in [4.78, 5) is 0. The predicted octanol–water partition coefficient (Wildman–Crippen LogP) is 0.988. The molecule has 0 bridgehead atoms. The summed E-state index contributed by atoms with van der Waals surface area (Å²) < 4.78 is 0. The van der Waals surface area contributed by atoms with Crippen molar-refractivity contribution in [2.45, 2.75) is 13.5 Å². The van der Waals surface area contributed by atoms with Crippen LogP contribution in [0.2, 0.25) is 0 Å². The van der Waals surface area contributed by atoms with E-state index in [0.29, 0.717) is 0 Å². The molecule has 0 aliphatic carbocycles. The van der Waals surface area contributed by atoms with E-state index in [4.69, 9.17) is 5.11 Å². The van der Waals surface area contributed by atoms with Gasteiger partial charge in [0.2, 0.25) is 0 Å². The number of hydrogen-bond donors (Lipinski definition) is 1. The van der Waals surface area contributed by atoms with Gasteiger partial charge in [0.05, 0.1) is 6.61 Å². The summed E-state index contributed by atoms with van der Waals surface area (Å²) in [5.41, 5.74) is 2.17. The summed E-state index contributed by atoms with van der Waals surface area (Å²) >= 11 is 0. The molecular formula is C8H11OP. The molecule has 0 aliphatic rings. The van der Waals surface area contributed by atoms with E-state index in [1.54, 1.807) is 0 Å². The minimum absolute atomic E-state index is 0.128. The highest BCUT2D eigenvalue weighted by Gasteiger charge is 1.92. The van der Waals surface area contributed by atoms with Crippen LogP contribution < -0.4 is 5.30 Å². The number of aryl methyl sites for hydroxylation is 1.